The number of hydrogen-bond acceptors (Lipinski definition) is 6. The van der Waals surface area contributed by atoms with Gasteiger partial charge in [-0.05, 0) is 56.2 Å². The monoisotopic (exact) mass is 609 g/mol. The summed E-state index contributed by atoms with van der Waals surface area (Å²) >= 11 is 3.06. The van der Waals surface area contributed by atoms with Crippen LogP contribution in [-0.4, -0.2) is 27.7 Å². The number of carbonyl (C=O) groups excluding carboxylic acids is 4. The van der Waals surface area contributed by atoms with E-state index < -0.39 is 0 Å². The maximum atomic E-state index is 13.1. The van der Waals surface area contributed by atoms with Crippen LogP contribution in [0.5, 0.6) is 0 Å². The number of carbonyl (C=O) groups is 4. The lowest BCUT2D eigenvalue weighted by atomic mass is 10.0. The lowest BCUT2D eigenvalue weighted by molar-refractivity contribution is 0.0975. The van der Waals surface area contributed by atoms with Crippen LogP contribution in [0.3, 0.4) is 0 Å². The first-order valence-electron chi connectivity index (χ1n) is 14.2. The Kier molecular flexibility index (Phi) is 5.76. The van der Waals surface area contributed by atoms with E-state index in [1.165, 1.54) is 28.2 Å². The average Bonchev–Trinajstić information content (AvgIpc) is 3.77. The summed E-state index contributed by atoms with van der Waals surface area (Å²) in [4.78, 5) is 54.2. The first-order chi connectivity index (χ1) is 21.2. The number of fused-ring (bicyclic) bond motifs is 5. The SMILES string of the molecule is Cc1cc(C)c(-n2c3cc(C=C4C(=O)c5ccccc5C4=O)sc3c3sc(C=C4C(=O)c5ccccc5C4=O)cc32)c(C)c1. The standard InChI is InChI=1S/C37H23NO4S2/c1-18-12-19(2)31(20(3)13-18)38-29-16-21(14-27-32(39)23-8-4-5-9-24(23)33(27)40)43-36(29)37-30(38)17-22(44-37)15-28-34(41)25-10-6-7-11-26(25)35(28)42/h4-17H,1-3H3. The summed E-state index contributed by atoms with van der Waals surface area (Å²) in [7, 11) is 0. The molecule has 2 aliphatic rings. The second-order valence-electron chi connectivity index (χ2n) is 11.3. The summed E-state index contributed by atoms with van der Waals surface area (Å²) in [5, 5.41) is 0. The molecule has 0 saturated heterocycles. The zero-order chi connectivity index (χ0) is 30.4. The van der Waals surface area contributed by atoms with Gasteiger partial charge in [0.25, 0.3) is 0 Å². The van der Waals surface area contributed by atoms with E-state index >= 15 is 0 Å². The number of rotatable bonds is 3. The van der Waals surface area contributed by atoms with Crippen molar-refractivity contribution in [1.29, 1.82) is 0 Å². The van der Waals surface area contributed by atoms with Crippen molar-refractivity contribution in [3.63, 3.8) is 0 Å². The van der Waals surface area contributed by atoms with Crippen LogP contribution < -0.4 is 0 Å². The molecule has 3 aromatic carbocycles. The van der Waals surface area contributed by atoms with Crippen molar-refractivity contribution in [3.05, 3.63) is 133 Å². The van der Waals surface area contributed by atoms with E-state index in [1.54, 1.807) is 60.7 Å². The molecule has 6 aromatic rings. The molecular formula is C37H23NO4S2. The van der Waals surface area contributed by atoms with Crippen LogP contribution in [0, 0.1) is 20.8 Å². The molecule has 0 radical (unpaired) electrons. The van der Waals surface area contributed by atoms with Crippen LogP contribution in [0.4, 0.5) is 0 Å². The highest BCUT2D eigenvalue weighted by Crippen LogP contribution is 2.45. The van der Waals surface area contributed by atoms with E-state index in [2.05, 4.69) is 37.5 Å². The fourth-order valence-corrected chi connectivity index (χ4v) is 8.91. The second kappa shape index (κ2) is 9.51. The predicted molar refractivity (Wildman–Crippen MR) is 177 cm³/mol. The van der Waals surface area contributed by atoms with Crippen molar-refractivity contribution in [2.75, 3.05) is 0 Å². The smallest absolute Gasteiger partial charge is 0.197 e. The molecule has 0 N–H and O–H groups in total. The largest absolute Gasteiger partial charge is 0.307 e. The van der Waals surface area contributed by atoms with Gasteiger partial charge < -0.3 is 4.57 Å². The van der Waals surface area contributed by atoms with Gasteiger partial charge in [-0.3, -0.25) is 19.2 Å². The fraction of sp³-hybridized carbons (Fsp3) is 0.0811. The Labute approximate surface area is 260 Å². The highest BCUT2D eigenvalue weighted by Gasteiger charge is 2.34. The summed E-state index contributed by atoms with van der Waals surface area (Å²) in [5.41, 5.74) is 8.54. The van der Waals surface area contributed by atoms with Gasteiger partial charge >= 0.3 is 0 Å². The normalized spacial score (nSPS) is 14.3. The van der Waals surface area contributed by atoms with E-state index in [0.717, 1.165) is 47.0 Å². The highest BCUT2D eigenvalue weighted by molar-refractivity contribution is 7.28. The molecule has 8 rings (SSSR count). The zero-order valence-corrected chi connectivity index (χ0v) is 25.6. The van der Waals surface area contributed by atoms with Gasteiger partial charge in [0.05, 0.1) is 37.3 Å². The molecule has 5 nitrogen and oxygen atoms in total. The lowest BCUT2D eigenvalue weighted by Gasteiger charge is -2.14. The van der Waals surface area contributed by atoms with Crippen LogP contribution in [0.25, 0.3) is 38.3 Å². The summed E-state index contributed by atoms with van der Waals surface area (Å²) < 4.78 is 4.26. The van der Waals surface area contributed by atoms with Gasteiger partial charge in [-0.15, -0.1) is 22.7 Å². The Morgan fingerprint density at radius 3 is 1.27 bits per heavy atom. The van der Waals surface area contributed by atoms with Gasteiger partial charge in [0, 0.05) is 32.0 Å². The first-order valence-corrected chi connectivity index (χ1v) is 15.8. The third-order valence-electron chi connectivity index (χ3n) is 8.39. The van der Waals surface area contributed by atoms with Crippen LogP contribution in [0.15, 0.2) is 83.9 Å². The van der Waals surface area contributed by atoms with Crippen molar-refractivity contribution >= 4 is 78.4 Å². The lowest BCUT2D eigenvalue weighted by Crippen LogP contribution is -2.01. The van der Waals surface area contributed by atoms with Crippen molar-refractivity contribution in [2.24, 2.45) is 0 Å². The molecule has 7 heteroatoms. The molecule has 0 aliphatic heterocycles. The Hall–Kier alpha value is -4.98. The number of aromatic nitrogens is 1. The molecule has 44 heavy (non-hydrogen) atoms. The molecule has 3 aromatic heterocycles. The summed E-state index contributed by atoms with van der Waals surface area (Å²) in [5.74, 6) is -1.00. The molecule has 3 heterocycles. The van der Waals surface area contributed by atoms with Crippen molar-refractivity contribution in [3.8, 4) is 5.69 Å². The quantitative estimate of drug-likeness (QED) is 0.149. The topological polar surface area (TPSA) is 73.2 Å². The number of ketones is 4. The molecule has 0 fully saturated rings. The van der Waals surface area contributed by atoms with E-state index in [9.17, 15) is 19.2 Å². The van der Waals surface area contributed by atoms with E-state index in [0.29, 0.717) is 22.3 Å². The highest BCUT2D eigenvalue weighted by atomic mass is 32.1. The molecule has 0 spiro atoms. The minimum absolute atomic E-state index is 0.176. The maximum absolute atomic E-state index is 13.1. The molecule has 0 bridgehead atoms. The number of aryl methyl sites for hydroxylation is 3. The number of benzene rings is 3. The van der Waals surface area contributed by atoms with Crippen molar-refractivity contribution in [2.45, 2.75) is 20.8 Å². The maximum Gasteiger partial charge on any atom is 0.197 e. The minimum Gasteiger partial charge on any atom is -0.307 e. The van der Waals surface area contributed by atoms with Gasteiger partial charge in [-0.25, -0.2) is 0 Å². The minimum atomic E-state index is -0.251. The van der Waals surface area contributed by atoms with Gasteiger partial charge in [0.2, 0.25) is 0 Å². The summed E-state index contributed by atoms with van der Waals surface area (Å²) in [6.07, 6.45) is 3.42. The number of allylic oxidation sites excluding steroid dienone is 2. The van der Waals surface area contributed by atoms with Crippen LogP contribution in [0.1, 0.15) is 67.9 Å². The van der Waals surface area contributed by atoms with Crippen molar-refractivity contribution < 1.29 is 19.2 Å². The van der Waals surface area contributed by atoms with E-state index in [-0.39, 0.29) is 34.3 Å². The third-order valence-corrected chi connectivity index (χ3v) is 10.7. The molecular weight excluding hydrogens is 587 g/mol. The number of nitrogens with zero attached hydrogens (tertiary/aromatic N) is 1. The zero-order valence-electron chi connectivity index (χ0n) is 24.0. The van der Waals surface area contributed by atoms with Crippen LogP contribution in [0.2, 0.25) is 0 Å². The first kappa shape index (κ1) is 26.6. The fourth-order valence-electron chi connectivity index (χ4n) is 6.59. The predicted octanol–water partition coefficient (Wildman–Crippen LogP) is 8.76. The molecule has 0 saturated carbocycles. The molecule has 0 amide bonds. The average molecular weight is 610 g/mol. The third kappa shape index (κ3) is 3.76. The summed E-state index contributed by atoms with van der Waals surface area (Å²) in [6, 6.07) is 22.3. The second-order valence-corrected chi connectivity index (χ2v) is 13.5. The number of hydrogen-bond donors (Lipinski definition) is 0. The molecule has 212 valence electrons. The van der Waals surface area contributed by atoms with Crippen molar-refractivity contribution in [1.82, 2.24) is 4.57 Å². The Morgan fingerprint density at radius 1 is 0.545 bits per heavy atom. The van der Waals surface area contributed by atoms with Crippen LogP contribution >= 0.6 is 22.7 Å². The van der Waals surface area contributed by atoms with Gasteiger partial charge in [-0.1, -0.05) is 66.2 Å². The summed E-state index contributed by atoms with van der Waals surface area (Å²) in [6.45, 7) is 6.27. The van der Waals surface area contributed by atoms with Gasteiger partial charge in [0.1, 0.15) is 0 Å². The molecule has 0 atom stereocenters. The Bertz CT molecular complexity index is 2160. The van der Waals surface area contributed by atoms with Gasteiger partial charge in [0.15, 0.2) is 23.1 Å². The molecule has 2 aliphatic carbocycles. The van der Waals surface area contributed by atoms with E-state index in [1.807, 2.05) is 12.1 Å². The molecule has 0 unspecified atom stereocenters. The number of Topliss-reactive ketones (excluding diaryl/α,β-unsaturated/α-hetero) is 4. The van der Waals surface area contributed by atoms with E-state index in [4.69, 9.17) is 0 Å². The Morgan fingerprint density at radius 2 is 0.909 bits per heavy atom. The Balaban J connectivity index is 1.33. The number of thiophene rings is 2. The van der Waals surface area contributed by atoms with Gasteiger partial charge in [-0.2, -0.15) is 0 Å². The van der Waals surface area contributed by atoms with Crippen LogP contribution in [-0.2, 0) is 0 Å².